The maximum absolute atomic E-state index is 6.23. The Morgan fingerprint density at radius 1 is 0.727 bits per heavy atom. The Labute approximate surface area is 206 Å². The molecule has 0 aliphatic heterocycles. The highest BCUT2D eigenvalue weighted by atomic mass is 16.5. The van der Waals surface area contributed by atoms with Gasteiger partial charge in [0, 0.05) is 33.0 Å². The molecular weight excluding hydrogens is 414 g/mol. The fraction of sp³-hybridized carbons (Fsp3) is 1.00. The second-order valence-electron chi connectivity index (χ2n) is 11.7. The SMILES string of the molecule is CCCC(C)(C)OCCC(C)CC(C)OCCC(C)CC(C)OCCC(N)CC(C)(C)OC. The summed E-state index contributed by atoms with van der Waals surface area (Å²) in [6, 6.07) is 0.108. The molecule has 0 fully saturated rings. The average Bonchev–Trinajstić information content (AvgIpc) is 2.67. The van der Waals surface area contributed by atoms with Crippen molar-refractivity contribution >= 4 is 0 Å². The molecule has 0 saturated carbocycles. The molecule has 5 heteroatoms. The molecule has 0 aliphatic rings. The summed E-state index contributed by atoms with van der Waals surface area (Å²) in [6.45, 7) is 22.1. The second kappa shape index (κ2) is 17.3. The zero-order valence-electron chi connectivity index (χ0n) is 23.9. The smallest absolute Gasteiger partial charge is 0.0637 e. The Bertz CT molecular complexity index is 469. The maximum atomic E-state index is 6.23. The molecule has 0 aliphatic carbocycles. The van der Waals surface area contributed by atoms with E-state index >= 15 is 0 Å². The fourth-order valence-corrected chi connectivity index (χ4v) is 4.42. The summed E-state index contributed by atoms with van der Waals surface area (Å²) in [5.74, 6) is 1.20. The summed E-state index contributed by atoms with van der Waals surface area (Å²) in [7, 11) is 1.74. The number of hydrogen-bond donors (Lipinski definition) is 1. The Morgan fingerprint density at radius 2 is 1.21 bits per heavy atom. The van der Waals surface area contributed by atoms with Gasteiger partial charge < -0.3 is 24.7 Å². The lowest BCUT2D eigenvalue weighted by Gasteiger charge is -2.27. The molecule has 33 heavy (non-hydrogen) atoms. The number of nitrogens with two attached hydrogens (primary N) is 1. The van der Waals surface area contributed by atoms with Crippen LogP contribution in [0.3, 0.4) is 0 Å². The van der Waals surface area contributed by atoms with Gasteiger partial charge in [0.15, 0.2) is 0 Å². The Morgan fingerprint density at radius 3 is 1.70 bits per heavy atom. The monoisotopic (exact) mass is 473 g/mol. The van der Waals surface area contributed by atoms with Crippen LogP contribution < -0.4 is 5.73 Å². The fourth-order valence-electron chi connectivity index (χ4n) is 4.42. The summed E-state index contributed by atoms with van der Waals surface area (Å²) >= 11 is 0. The molecule has 0 heterocycles. The highest BCUT2D eigenvalue weighted by Crippen LogP contribution is 2.20. The maximum Gasteiger partial charge on any atom is 0.0637 e. The minimum Gasteiger partial charge on any atom is -0.379 e. The molecule has 5 unspecified atom stereocenters. The number of methoxy groups -OCH3 is 1. The Kier molecular flexibility index (Phi) is 17.2. The molecule has 200 valence electrons. The third kappa shape index (κ3) is 18.8. The van der Waals surface area contributed by atoms with Gasteiger partial charge in [0.2, 0.25) is 0 Å². The van der Waals surface area contributed by atoms with Crippen LogP contribution in [0.25, 0.3) is 0 Å². The van der Waals surface area contributed by atoms with E-state index in [1.807, 2.05) is 0 Å². The number of hydrogen-bond acceptors (Lipinski definition) is 5. The van der Waals surface area contributed by atoms with Gasteiger partial charge in [0.1, 0.15) is 0 Å². The van der Waals surface area contributed by atoms with Gasteiger partial charge in [0.05, 0.1) is 23.4 Å². The topological polar surface area (TPSA) is 62.9 Å². The summed E-state index contributed by atoms with van der Waals surface area (Å²) in [6.07, 6.45) is 8.84. The van der Waals surface area contributed by atoms with Gasteiger partial charge in [-0.15, -0.1) is 0 Å². The quantitative estimate of drug-likeness (QED) is 0.200. The minimum absolute atomic E-state index is 0.000528. The first-order valence-corrected chi connectivity index (χ1v) is 13.5. The van der Waals surface area contributed by atoms with Crippen molar-refractivity contribution in [3.05, 3.63) is 0 Å². The van der Waals surface area contributed by atoms with Crippen LogP contribution in [0, 0.1) is 11.8 Å². The normalized spacial score (nSPS) is 17.5. The van der Waals surface area contributed by atoms with Crippen LogP contribution >= 0.6 is 0 Å². The molecule has 5 atom stereocenters. The van der Waals surface area contributed by atoms with E-state index in [9.17, 15) is 0 Å². The lowest BCUT2D eigenvalue weighted by atomic mass is 9.97. The third-order valence-electron chi connectivity index (χ3n) is 6.63. The Hall–Kier alpha value is -0.200. The van der Waals surface area contributed by atoms with E-state index in [-0.39, 0.29) is 23.3 Å². The van der Waals surface area contributed by atoms with E-state index in [4.69, 9.17) is 24.7 Å². The molecule has 0 bridgehead atoms. The highest BCUT2D eigenvalue weighted by Gasteiger charge is 2.21. The van der Waals surface area contributed by atoms with E-state index in [1.165, 1.54) is 0 Å². The first-order chi connectivity index (χ1) is 15.3. The van der Waals surface area contributed by atoms with Crippen LogP contribution in [0.4, 0.5) is 0 Å². The summed E-state index contributed by atoms with van der Waals surface area (Å²) in [4.78, 5) is 0. The van der Waals surface area contributed by atoms with Crippen molar-refractivity contribution in [1.82, 2.24) is 0 Å². The van der Waals surface area contributed by atoms with E-state index in [0.717, 1.165) is 64.6 Å². The lowest BCUT2D eigenvalue weighted by molar-refractivity contribution is -0.0319. The van der Waals surface area contributed by atoms with Crippen LogP contribution in [0.5, 0.6) is 0 Å². The largest absolute Gasteiger partial charge is 0.379 e. The van der Waals surface area contributed by atoms with Gasteiger partial charge in [-0.1, -0.05) is 27.2 Å². The molecule has 0 aromatic rings. The van der Waals surface area contributed by atoms with Crippen LogP contribution in [0.1, 0.15) is 114 Å². The standard InChI is InChI=1S/C28H59NO4/c1-11-15-27(6,7)33-18-13-23(3)20-24(4)31-16-12-22(2)19-25(5)32-17-14-26(29)21-28(8,9)30-10/h22-26H,11-21,29H2,1-10H3. The zero-order chi connectivity index (χ0) is 25.5. The highest BCUT2D eigenvalue weighted by molar-refractivity contribution is 4.76. The molecule has 0 amide bonds. The van der Waals surface area contributed by atoms with Gasteiger partial charge in [-0.3, -0.25) is 0 Å². The van der Waals surface area contributed by atoms with Crippen LogP contribution in [-0.2, 0) is 18.9 Å². The van der Waals surface area contributed by atoms with Crippen LogP contribution in [0.2, 0.25) is 0 Å². The number of ether oxygens (including phenoxy) is 4. The van der Waals surface area contributed by atoms with Crippen LogP contribution in [-0.4, -0.2) is 56.4 Å². The molecule has 5 nitrogen and oxygen atoms in total. The van der Waals surface area contributed by atoms with E-state index in [2.05, 4.69) is 62.3 Å². The van der Waals surface area contributed by atoms with Gasteiger partial charge in [-0.2, -0.15) is 0 Å². The molecule has 0 aromatic heterocycles. The van der Waals surface area contributed by atoms with Crippen molar-refractivity contribution in [2.45, 2.75) is 143 Å². The summed E-state index contributed by atoms with van der Waals surface area (Å²) in [5.41, 5.74) is 6.05. The van der Waals surface area contributed by atoms with Crippen molar-refractivity contribution in [2.75, 3.05) is 26.9 Å². The van der Waals surface area contributed by atoms with Gasteiger partial charge in [0.25, 0.3) is 0 Å². The molecular formula is C28H59NO4. The Balaban J connectivity index is 3.90. The molecule has 0 rings (SSSR count). The van der Waals surface area contributed by atoms with Crippen molar-refractivity contribution in [3.63, 3.8) is 0 Å². The van der Waals surface area contributed by atoms with Crippen molar-refractivity contribution in [2.24, 2.45) is 17.6 Å². The molecule has 0 radical (unpaired) electrons. The second-order valence-corrected chi connectivity index (χ2v) is 11.7. The predicted octanol–water partition coefficient (Wildman–Crippen LogP) is 6.76. The molecule has 0 aromatic carbocycles. The first kappa shape index (κ1) is 32.8. The lowest BCUT2D eigenvalue weighted by Crippen LogP contribution is -2.34. The summed E-state index contributed by atoms with van der Waals surface area (Å²) in [5, 5.41) is 0. The summed E-state index contributed by atoms with van der Waals surface area (Å²) < 4.78 is 23.7. The van der Waals surface area contributed by atoms with Gasteiger partial charge in [-0.05, 0) is 98.3 Å². The van der Waals surface area contributed by atoms with E-state index in [1.54, 1.807) is 7.11 Å². The first-order valence-electron chi connectivity index (χ1n) is 13.5. The van der Waals surface area contributed by atoms with Crippen LogP contribution in [0.15, 0.2) is 0 Å². The van der Waals surface area contributed by atoms with Gasteiger partial charge in [-0.25, -0.2) is 0 Å². The third-order valence-corrected chi connectivity index (χ3v) is 6.63. The van der Waals surface area contributed by atoms with Crippen molar-refractivity contribution in [3.8, 4) is 0 Å². The van der Waals surface area contributed by atoms with E-state index in [0.29, 0.717) is 24.5 Å². The molecule has 2 N–H and O–H groups in total. The average molecular weight is 474 g/mol. The van der Waals surface area contributed by atoms with Crippen molar-refractivity contribution < 1.29 is 18.9 Å². The minimum atomic E-state index is -0.173. The predicted molar refractivity (Wildman–Crippen MR) is 141 cm³/mol. The number of rotatable bonds is 21. The van der Waals surface area contributed by atoms with Gasteiger partial charge >= 0.3 is 0 Å². The van der Waals surface area contributed by atoms with Crippen molar-refractivity contribution in [1.29, 1.82) is 0 Å². The molecule has 0 saturated heterocycles. The van der Waals surface area contributed by atoms with E-state index < -0.39 is 0 Å². The zero-order valence-corrected chi connectivity index (χ0v) is 23.9. The molecule has 0 spiro atoms.